The minimum Gasteiger partial charge on any atom is -0.461 e. The number of esters is 1. The van der Waals surface area contributed by atoms with Crippen molar-refractivity contribution in [2.45, 2.75) is 20.8 Å². The second-order valence-corrected chi connectivity index (χ2v) is 2.91. The first-order chi connectivity index (χ1) is 7.08. The van der Waals surface area contributed by atoms with E-state index in [1.54, 1.807) is 13.8 Å². The van der Waals surface area contributed by atoms with Crippen LogP contribution in [0, 0.1) is 0 Å². The summed E-state index contributed by atoms with van der Waals surface area (Å²) in [6.45, 7) is 13.5. The number of ether oxygens (including phenoxy) is 1. The van der Waals surface area contributed by atoms with Crippen molar-refractivity contribution in [3.63, 3.8) is 0 Å². The van der Waals surface area contributed by atoms with Crippen LogP contribution < -0.4 is 5.32 Å². The molecule has 0 unspecified atom stereocenters. The van der Waals surface area contributed by atoms with Crippen LogP contribution in [0.5, 0.6) is 0 Å². The van der Waals surface area contributed by atoms with Gasteiger partial charge in [-0.05, 0) is 33.1 Å². The third-order valence-corrected chi connectivity index (χ3v) is 1.63. The van der Waals surface area contributed by atoms with Gasteiger partial charge in [0, 0.05) is 6.54 Å². The molecule has 0 aliphatic rings. The second kappa shape index (κ2) is 6.81. The zero-order valence-corrected chi connectivity index (χ0v) is 9.59. The second-order valence-electron chi connectivity index (χ2n) is 2.91. The van der Waals surface area contributed by atoms with Crippen LogP contribution in [-0.2, 0) is 9.53 Å². The summed E-state index contributed by atoms with van der Waals surface area (Å²) in [7, 11) is 0. The SMILES string of the molecule is C=N/C(C(=C)C)=C(\NCC)C(=O)OCC. The van der Waals surface area contributed by atoms with Crippen molar-refractivity contribution in [1.29, 1.82) is 0 Å². The number of nitrogens with one attached hydrogen (secondary N) is 1. The number of aliphatic imine (C=N–C) groups is 1. The van der Waals surface area contributed by atoms with Gasteiger partial charge in [-0.25, -0.2) is 4.79 Å². The maximum absolute atomic E-state index is 11.6. The zero-order valence-electron chi connectivity index (χ0n) is 9.59. The summed E-state index contributed by atoms with van der Waals surface area (Å²) >= 11 is 0. The van der Waals surface area contributed by atoms with E-state index in [4.69, 9.17) is 4.74 Å². The summed E-state index contributed by atoms with van der Waals surface area (Å²) in [4.78, 5) is 15.3. The van der Waals surface area contributed by atoms with E-state index in [-0.39, 0.29) is 0 Å². The highest BCUT2D eigenvalue weighted by Crippen LogP contribution is 2.13. The lowest BCUT2D eigenvalue weighted by Gasteiger charge is -2.11. The normalized spacial score (nSPS) is 11.4. The van der Waals surface area contributed by atoms with Crippen LogP contribution in [-0.4, -0.2) is 25.8 Å². The van der Waals surface area contributed by atoms with Crippen LogP contribution in [0.4, 0.5) is 0 Å². The van der Waals surface area contributed by atoms with Crippen molar-refractivity contribution in [2.24, 2.45) is 4.99 Å². The zero-order chi connectivity index (χ0) is 11.8. The topological polar surface area (TPSA) is 50.7 Å². The minimum absolute atomic E-state index is 0.321. The summed E-state index contributed by atoms with van der Waals surface area (Å²) in [5, 5.41) is 2.91. The molecule has 0 aromatic rings. The van der Waals surface area contributed by atoms with Gasteiger partial charge in [0.05, 0.1) is 12.3 Å². The molecule has 0 rings (SSSR count). The van der Waals surface area contributed by atoms with E-state index < -0.39 is 5.97 Å². The number of carbonyl (C=O) groups excluding carboxylic acids is 1. The first kappa shape index (κ1) is 13.4. The summed E-state index contributed by atoms with van der Waals surface area (Å²) in [6, 6.07) is 0. The minimum atomic E-state index is -0.426. The fraction of sp³-hybridized carbons (Fsp3) is 0.455. The molecule has 0 fully saturated rings. The third-order valence-electron chi connectivity index (χ3n) is 1.63. The van der Waals surface area contributed by atoms with E-state index in [0.717, 1.165) is 0 Å². The molecule has 4 heteroatoms. The van der Waals surface area contributed by atoms with Crippen molar-refractivity contribution in [2.75, 3.05) is 13.2 Å². The summed E-state index contributed by atoms with van der Waals surface area (Å²) < 4.78 is 4.90. The molecule has 0 aliphatic heterocycles. The average molecular weight is 210 g/mol. The van der Waals surface area contributed by atoms with Gasteiger partial charge >= 0.3 is 5.97 Å². The van der Waals surface area contributed by atoms with E-state index in [1.165, 1.54) is 0 Å². The maximum Gasteiger partial charge on any atom is 0.356 e. The first-order valence-corrected chi connectivity index (χ1v) is 4.86. The molecule has 0 bridgehead atoms. The van der Waals surface area contributed by atoms with E-state index in [2.05, 4.69) is 23.6 Å². The number of allylic oxidation sites excluding steroid dienone is 1. The molecule has 0 saturated carbocycles. The molecule has 0 aromatic heterocycles. The van der Waals surface area contributed by atoms with Gasteiger partial charge in [-0.2, -0.15) is 0 Å². The van der Waals surface area contributed by atoms with E-state index in [1.807, 2.05) is 6.92 Å². The van der Waals surface area contributed by atoms with E-state index in [0.29, 0.717) is 30.1 Å². The van der Waals surface area contributed by atoms with Gasteiger partial charge in [-0.15, -0.1) is 0 Å². The lowest BCUT2D eigenvalue weighted by molar-refractivity contribution is -0.139. The fourth-order valence-electron chi connectivity index (χ4n) is 1.06. The Bertz CT molecular complexity index is 293. The summed E-state index contributed by atoms with van der Waals surface area (Å²) in [5.74, 6) is -0.426. The summed E-state index contributed by atoms with van der Waals surface area (Å²) in [5.41, 5.74) is 1.45. The van der Waals surface area contributed by atoms with Crippen LogP contribution in [0.25, 0.3) is 0 Å². The molecule has 0 spiro atoms. The molecule has 4 nitrogen and oxygen atoms in total. The molecule has 0 heterocycles. The molecule has 84 valence electrons. The van der Waals surface area contributed by atoms with Crippen molar-refractivity contribution in [3.8, 4) is 0 Å². The number of hydrogen-bond acceptors (Lipinski definition) is 4. The van der Waals surface area contributed by atoms with Gasteiger partial charge in [0.2, 0.25) is 0 Å². The van der Waals surface area contributed by atoms with Crippen molar-refractivity contribution >= 4 is 12.7 Å². The van der Waals surface area contributed by atoms with Crippen LogP contribution >= 0.6 is 0 Å². The molecule has 0 amide bonds. The Kier molecular flexibility index (Phi) is 6.09. The van der Waals surface area contributed by atoms with Gasteiger partial charge in [0.1, 0.15) is 5.70 Å². The molecule has 15 heavy (non-hydrogen) atoms. The highest BCUT2D eigenvalue weighted by atomic mass is 16.5. The molecule has 0 saturated heterocycles. The monoisotopic (exact) mass is 210 g/mol. The Morgan fingerprint density at radius 1 is 1.47 bits per heavy atom. The van der Waals surface area contributed by atoms with Crippen LogP contribution in [0.2, 0.25) is 0 Å². The fourth-order valence-corrected chi connectivity index (χ4v) is 1.06. The molecule has 0 atom stereocenters. The van der Waals surface area contributed by atoms with Gasteiger partial charge in [-0.1, -0.05) is 6.58 Å². The Hall–Kier alpha value is -1.58. The Morgan fingerprint density at radius 3 is 2.40 bits per heavy atom. The van der Waals surface area contributed by atoms with Crippen molar-refractivity contribution < 1.29 is 9.53 Å². The Morgan fingerprint density at radius 2 is 2.07 bits per heavy atom. The van der Waals surface area contributed by atoms with Gasteiger partial charge < -0.3 is 10.1 Å². The van der Waals surface area contributed by atoms with Crippen LogP contribution in [0.1, 0.15) is 20.8 Å². The predicted octanol–water partition coefficient (Wildman–Crippen LogP) is 1.65. The van der Waals surface area contributed by atoms with E-state index >= 15 is 0 Å². The lowest BCUT2D eigenvalue weighted by atomic mass is 10.2. The molecule has 0 radical (unpaired) electrons. The quantitative estimate of drug-likeness (QED) is 0.314. The number of nitrogens with zero attached hydrogens (tertiary/aromatic N) is 1. The van der Waals surface area contributed by atoms with Crippen LogP contribution in [0.3, 0.4) is 0 Å². The first-order valence-electron chi connectivity index (χ1n) is 4.86. The summed E-state index contributed by atoms with van der Waals surface area (Å²) in [6.07, 6.45) is 0. The number of carbonyl (C=O) groups is 1. The molecular formula is C11H18N2O2. The molecule has 0 aliphatic carbocycles. The molecule has 0 aromatic carbocycles. The van der Waals surface area contributed by atoms with Gasteiger partial charge in [-0.3, -0.25) is 4.99 Å². The third kappa shape index (κ3) is 3.97. The van der Waals surface area contributed by atoms with Crippen molar-refractivity contribution in [1.82, 2.24) is 5.32 Å². The van der Waals surface area contributed by atoms with Crippen LogP contribution in [0.15, 0.2) is 28.5 Å². The van der Waals surface area contributed by atoms with Crippen molar-refractivity contribution in [3.05, 3.63) is 23.5 Å². The standard InChI is InChI=1S/C11H18N2O2/c1-6-13-10(11(14)15-7-2)9(12-5)8(3)4/h13H,3,5-7H2,1-2,4H3/b10-9-. The Labute approximate surface area is 90.7 Å². The smallest absolute Gasteiger partial charge is 0.356 e. The molecular weight excluding hydrogens is 192 g/mol. The van der Waals surface area contributed by atoms with Gasteiger partial charge in [0.25, 0.3) is 0 Å². The average Bonchev–Trinajstić information content (AvgIpc) is 2.17. The molecule has 1 N–H and O–H groups in total. The maximum atomic E-state index is 11.6. The predicted molar refractivity (Wildman–Crippen MR) is 61.7 cm³/mol. The highest BCUT2D eigenvalue weighted by Gasteiger charge is 2.15. The van der Waals surface area contributed by atoms with Gasteiger partial charge in [0.15, 0.2) is 0 Å². The number of hydrogen-bond donors (Lipinski definition) is 1. The van der Waals surface area contributed by atoms with E-state index in [9.17, 15) is 4.79 Å². The lowest BCUT2D eigenvalue weighted by Crippen LogP contribution is -2.24. The largest absolute Gasteiger partial charge is 0.461 e. The Balaban J connectivity index is 5.13. The number of likely N-dealkylation sites (N-methyl/N-ethyl adjacent to an activating group) is 1. The number of rotatable bonds is 6. The highest BCUT2D eigenvalue weighted by molar-refractivity contribution is 5.89.